The molecule has 0 spiro atoms. The summed E-state index contributed by atoms with van der Waals surface area (Å²) in [4.78, 5) is 35.9. The Labute approximate surface area is 139 Å². The smallest absolute Gasteiger partial charge is 0.342 e. The summed E-state index contributed by atoms with van der Waals surface area (Å²) < 4.78 is 10.4. The van der Waals surface area contributed by atoms with Crippen molar-refractivity contribution in [2.45, 2.75) is 33.8 Å². The monoisotopic (exact) mass is 329 g/mol. The lowest BCUT2D eigenvalue weighted by molar-refractivity contribution is -0.123. The molecule has 0 aliphatic heterocycles. The number of ketones is 1. The molecular weight excluding hydrogens is 310 g/mol. The number of furan rings is 1. The molecule has 2 aromatic rings. The summed E-state index contributed by atoms with van der Waals surface area (Å²) in [7, 11) is 0. The van der Waals surface area contributed by atoms with Gasteiger partial charge < -0.3 is 14.5 Å². The molecular formula is C18H19NO5. The van der Waals surface area contributed by atoms with Crippen LogP contribution in [0.2, 0.25) is 0 Å². The molecule has 6 nitrogen and oxygen atoms in total. The lowest BCUT2D eigenvalue weighted by Crippen LogP contribution is -2.30. The van der Waals surface area contributed by atoms with Crippen LogP contribution in [-0.4, -0.2) is 23.8 Å². The second kappa shape index (κ2) is 7.12. The van der Waals surface area contributed by atoms with Gasteiger partial charge in [-0.3, -0.25) is 9.59 Å². The van der Waals surface area contributed by atoms with E-state index >= 15 is 0 Å². The standard InChI is InChI=1S/C18H19NO5/c1-10-9-15(12(3)23-10)18(22)24-13(4)17(21)19-16-8-6-5-7-14(16)11(2)20/h5-9,13H,1-4H3,(H,19,21)/t13-/m1/s1. The largest absolute Gasteiger partial charge is 0.466 e. The zero-order valence-electron chi connectivity index (χ0n) is 14.0. The molecule has 0 unspecified atom stereocenters. The molecule has 1 amide bonds. The highest BCUT2D eigenvalue weighted by molar-refractivity contribution is 6.05. The Hall–Kier alpha value is -2.89. The fourth-order valence-corrected chi connectivity index (χ4v) is 2.24. The summed E-state index contributed by atoms with van der Waals surface area (Å²) in [6.07, 6.45) is -1.02. The highest BCUT2D eigenvalue weighted by atomic mass is 16.5. The van der Waals surface area contributed by atoms with E-state index in [1.807, 2.05) is 0 Å². The lowest BCUT2D eigenvalue weighted by Gasteiger charge is -2.14. The van der Waals surface area contributed by atoms with Crippen LogP contribution < -0.4 is 5.32 Å². The first kappa shape index (κ1) is 17.5. The van der Waals surface area contributed by atoms with E-state index in [0.717, 1.165) is 0 Å². The van der Waals surface area contributed by atoms with Crippen molar-refractivity contribution in [3.63, 3.8) is 0 Å². The Morgan fingerprint density at radius 2 is 1.79 bits per heavy atom. The molecule has 0 aliphatic rings. The lowest BCUT2D eigenvalue weighted by atomic mass is 10.1. The average Bonchev–Trinajstić information content (AvgIpc) is 2.86. The highest BCUT2D eigenvalue weighted by Gasteiger charge is 2.22. The van der Waals surface area contributed by atoms with Gasteiger partial charge in [0.25, 0.3) is 5.91 Å². The van der Waals surface area contributed by atoms with Crippen LogP contribution in [0.1, 0.15) is 46.1 Å². The predicted octanol–water partition coefficient (Wildman–Crippen LogP) is 3.28. The summed E-state index contributed by atoms with van der Waals surface area (Å²) >= 11 is 0. The number of hydrogen-bond donors (Lipinski definition) is 1. The number of benzene rings is 1. The van der Waals surface area contributed by atoms with E-state index < -0.39 is 18.0 Å². The normalized spacial score (nSPS) is 11.7. The maximum Gasteiger partial charge on any atom is 0.342 e. The van der Waals surface area contributed by atoms with Crippen molar-refractivity contribution < 1.29 is 23.5 Å². The van der Waals surface area contributed by atoms with Crippen LogP contribution >= 0.6 is 0 Å². The van der Waals surface area contributed by atoms with Crippen molar-refractivity contribution >= 4 is 23.3 Å². The molecule has 0 fully saturated rings. The van der Waals surface area contributed by atoms with Crippen LogP contribution in [-0.2, 0) is 9.53 Å². The third-order valence-electron chi connectivity index (χ3n) is 3.48. The van der Waals surface area contributed by atoms with Crippen LogP contribution in [0, 0.1) is 13.8 Å². The molecule has 1 heterocycles. The molecule has 1 atom stereocenters. The molecule has 0 bridgehead atoms. The first-order chi connectivity index (χ1) is 11.3. The minimum atomic E-state index is -1.02. The SMILES string of the molecule is CC(=O)c1ccccc1NC(=O)[C@@H](C)OC(=O)c1cc(C)oc1C. The number of esters is 1. The first-order valence-corrected chi connectivity index (χ1v) is 7.48. The van der Waals surface area contributed by atoms with Crippen LogP contribution in [0.3, 0.4) is 0 Å². The summed E-state index contributed by atoms with van der Waals surface area (Å²) in [5.41, 5.74) is 1.07. The Morgan fingerprint density at radius 1 is 1.12 bits per heavy atom. The van der Waals surface area contributed by atoms with Crippen molar-refractivity contribution in [1.29, 1.82) is 0 Å². The number of carbonyl (C=O) groups is 3. The summed E-state index contributed by atoms with van der Waals surface area (Å²) in [5.74, 6) is -0.291. The van der Waals surface area contributed by atoms with Gasteiger partial charge in [0.15, 0.2) is 11.9 Å². The van der Waals surface area contributed by atoms with E-state index in [1.54, 1.807) is 44.2 Å². The van der Waals surface area contributed by atoms with Gasteiger partial charge >= 0.3 is 5.97 Å². The Kier molecular flexibility index (Phi) is 5.18. The molecule has 1 aromatic carbocycles. The number of para-hydroxylation sites is 1. The van der Waals surface area contributed by atoms with Gasteiger partial charge in [-0.15, -0.1) is 0 Å². The molecule has 0 radical (unpaired) electrons. The number of ether oxygens (including phenoxy) is 1. The van der Waals surface area contributed by atoms with Crippen molar-refractivity contribution in [3.8, 4) is 0 Å². The number of rotatable bonds is 5. The highest BCUT2D eigenvalue weighted by Crippen LogP contribution is 2.18. The molecule has 24 heavy (non-hydrogen) atoms. The minimum Gasteiger partial charge on any atom is -0.466 e. The maximum absolute atomic E-state index is 12.2. The van der Waals surface area contributed by atoms with Crippen LogP contribution in [0.25, 0.3) is 0 Å². The molecule has 126 valence electrons. The van der Waals surface area contributed by atoms with E-state index in [-0.39, 0.29) is 11.3 Å². The third-order valence-corrected chi connectivity index (χ3v) is 3.48. The number of Topliss-reactive ketones (excluding diaryl/α,β-unsaturated/α-hetero) is 1. The number of hydrogen-bond acceptors (Lipinski definition) is 5. The van der Waals surface area contributed by atoms with Gasteiger partial charge in [0.2, 0.25) is 0 Å². The van der Waals surface area contributed by atoms with Gasteiger partial charge in [0.05, 0.1) is 5.69 Å². The summed E-state index contributed by atoms with van der Waals surface area (Å²) in [6.45, 7) is 6.25. The Morgan fingerprint density at radius 3 is 2.38 bits per heavy atom. The number of carbonyl (C=O) groups excluding carboxylic acids is 3. The van der Waals surface area contributed by atoms with Crippen molar-refractivity contribution in [2.24, 2.45) is 0 Å². The van der Waals surface area contributed by atoms with E-state index in [9.17, 15) is 14.4 Å². The average molecular weight is 329 g/mol. The van der Waals surface area contributed by atoms with Crippen molar-refractivity contribution in [2.75, 3.05) is 5.32 Å². The van der Waals surface area contributed by atoms with Crippen molar-refractivity contribution in [3.05, 3.63) is 53.0 Å². The van der Waals surface area contributed by atoms with Gasteiger partial charge in [0, 0.05) is 5.56 Å². The predicted molar refractivity (Wildman–Crippen MR) is 88.1 cm³/mol. The van der Waals surface area contributed by atoms with E-state index in [0.29, 0.717) is 22.8 Å². The minimum absolute atomic E-state index is 0.167. The number of anilines is 1. The number of amides is 1. The molecule has 6 heteroatoms. The van der Waals surface area contributed by atoms with Gasteiger partial charge in [0.1, 0.15) is 17.1 Å². The first-order valence-electron chi connectivity index (χ1n) is 7.48. The van der Waals surface area contributed by atoms with Crippen molar-refractivity contribution in [1.82, 2.24) is 0 Å². The second-order valence-electron chi connectivity index (χ2n) is 5.47. The topological polar surface area (TPSA) is 85.6 Å². The van der Waals surface area contributed by atoms with E-state index in [1.165, 1.54) is 13.8 Å². The molecule has 0 aliphatic carbocycles. The quantitative estimate of drug-likeness (QED) is 0.672. The maximum atomic E-state index is 12.2. The Balaban J connectivity index is 2.06. The molecule has 0 saturated carbocycles. The Bertz CT molecular complexity index is 790. The van der Waals surface area contributed by atoms with Gasteiger partial charge in [-0.2, -0.15) is 0 Å². The molecule has 2 rings (SSSR count). The zero-order chi connectivity index (χ0) is 17.9. The van der Waals surface area contributed by atoms with Gasteiger partial charge in [-0.1, -0.05) is 12.1 Å². The van der Waals surface area contributed by atoms with Gasteiger partial charge in [-0.05, 0) is 45.9 Å². The van der Waals surface area contributed by atoms with Crippen LogP contribution in [0.5, 0.6) is 0 Å². The molecule has 0 saturated heterocycles. The molecule has 1 N–H and O–H groups in total. The third kappa shape index (κ3) is 3.90. The molecule has 1 aromatic heterocycles. The zero-order valence-corrected chi connectivity index (χ0v) is 14.0. The fourth-order valence-electron chi connectivity index (χ4n) is 2.24. The van der Waals surface area contributed by atoms with Gasteiger partial charge in [-0.25, -0.2) is 4.79 Å². The van der Waals surface area contributed by atoms with E-state index in [2.05, 4.69) is 5.32 Å². The van der Waals surface area contributed by atoms with Crippen LogP contribution in [0.15, 0.2) is 34.7 Å². The number of aryl methyl sites for hydroxylation is 2. The summed E-state index contributed by atoms with van der Waals surface area (Å²) in [5, 5.41) is 2.61. The fraction of sp³-hybridized carbons (Fsp3) is 0.278. The second-order valence-corrected chi connectivity index (χ2v) is 5.47. The summed E-state index contributed by atoms with van der Waals surface area (Å²) in [6, 6.07) is 8.21. The van der Waals surface area contributed by atoms with Crippen LogP contribution in [0.4, 0.5) is 5.69 Å². The number of nitrogens with one attached hydrogen (secondary N) is 1. The van der Waals surface area contributed by atoms with E-state index in [4.69, 9.17) is 9.15 Å².